The normalized spacial score (nSPS) is 10.3. The summed E-state index contributed by atoms with van der Waals surface area (Å²) in [5.41, 5.74) is 1.28. The Bertz CT molecular complexity index is 654. The van der Waals surface area contributed by atoms with Crippen molar-refractivity contribution in [1.29, 1.82) is 0 Å². The van der Waals surface area contributed by atoms with Gasteiger partial charge in [0.05, 0.1) is 0 Å². The van der Waals surface area contributed by atoms with E-state index in [2.05, 4.69) is 20.6 Å². The summed E-state index contributed by atoms with van der Waals surface area (Å²) in [5.74, 6) is -0.810. The first-order chi connectivity index (χ1) is 10.1. The number of nitrogens with zero attached hydrogens (tertiary/aromatic N) is 2. The number of rotatable bonds is 4. The van der Waals surface area contributed by atoms with Crippen molar-refractivity contribution in [3.63, 3.8) is 0 Å². The van der Waals surface area contributed by atoms with Gasteiger partial charge in [-0.1, -0.05) is 12.1 Å². The van der Waals surface area contributed by atoms with Crippen LogP contribution in [0.4, 0.5) is 16.4 Å². The molecule has 0 unspecified atom stereocenters. The Balaban J connectivity index is 1.94. The van der Waals surface area contributed by atoms with E-state index >= 15 is 0 Å². The van der Waals surface area contributed by atoms with Crippen LogP contribution in [0.3, 0.4) is 0 Å². The van der Waals surface area contributed by atoms with E-state index in [4.69, 9.17) is 5.11 Å². The van der Waals surface area contributed by atoms with Gasteiger partial charge in [-0.05, 0) is 29.8 Å². The standard InChI is InChI=1S/C14H12N4O3/c19-12(20)7-4-10-2-5-11(6-3-10)17-14(21)18-13-15-8-1-9-16-13/h1-9H,(H,19,20)(H2,15,16,17,18,21). The van der Waals surface area contributed by atoms with E-state index < -0.39 is 12.0 Å². The van der Waals surface area contributed by atoms with E-state index in [1.807, 2.05) is 0 Å². The van der Waals surface area contributed by atoms with Crippen molar-refractivity contribution in [2.45, 2.75) is 0 Å². The van der Waals surface area contributed by atoms with Crippen molar-refractivity contribution in [3.8, 4) is 0 Å². The monoisotopic (exact) mass is 284 g/mol. The number of carboxylic acids is 1. The van der Waals surface area contributed by atoms with Crippen LogP contribution < -0.4 is 10.6 Å². The lowest BCUT2D eigenvalue weighted by Gasteiger charge is -2.06. The smallest absolute Gasteiger partial charge is 0.328 e. The van der Waals surface area contributed by atoms with Gasteiger partial charge in [0.1, 0.15) is 0 Å². The third-order valence-electron chi connectivity index (χ3n) is 2.38. The Morgan fingerprint density at radius 3 is 2.33 bits per heavy atom. The first-order valence-electron chi connectivity index (χ1n) is 5.99. The minimum atomic E-state index is -1.01. The molecule has 0 saturated heterocycles. The lowest BCUT2D eigenvalue weighted by molar-refractivity contribution is -0.131. The average molecular weight is 284 g/mol. The summed E-state index contributed by atoms with van der Waals surface area (Å²) in [6.45, 7) is 0. The van der Waals surface area contributed by atoms with Crippen LogP contribution in [0.5, 0.6) is 0 Å². The molecule has 2 amide bonds. The molecule has 0 aliphatic heterocycles. The zero-order chi connectivity index (χ0) is 15.1. The molecule has 0 aliphatic rings. The summed E-state index contributed by atoms with van der Waals surface area (Å²) in [6.07, 6.45) is 5.55. The number of hydrogen-bond donors (Lipinski definition) is 3. The molecule has 106 valence electrons. The largest absolute Gasteiger partial charge is 0.478 e. The highest BCUT2D eigenvalue weighted by Crippen LogP contribution is 2.11. The van der Waals surface area contributed by atoms with Crippen LogP contribution in [-0.4, -0.2) is 27.1 Å². The Labute approximate surface area is 120 Å². The molecule has 1 aromatic heterocycles. The fourth-order valence-corrected chi connectivity index (χ4v) is 1.47. The SMILES string of the molecule is O=C(O)C=Cc1ccc(NC(=O)Nc2ncccn2)cc1. The van der Waals surface area contributed by atoms with Gasteiger partial charge in [0.25, 0.3) is 0 Å². The number of hydrogen-bond acceptors (Lipinski definition) is 4. The van der Waals surface area contributed by atoms with E-state index in [9.17, 15) is 9.59 Å². The van der Waals surface area contributed by atoms with E-state index in [0.717, 1.165) is 11.6 Å². The highest BCUT2D eigenvalue weighted by atomic mass is 16.4. The Hall–Kier alpha value is -3.22. The average Bonchev–Trinajstić information content (AvgIpc) is 2.47. The summed E-state index contributed by atoms with van der Waals surface area (Å²) in [7, 11) is 0. The molecule has 7 nitrogen and oxygen atoms in total. The molecule has 7 heteroatoms. The quantitative estimate of drug-likeness (QED) is 0.747. The molecule has 0 atom stereocenters. The van der Waals surface area contributed by atoms with Crippen LogP contribution in [0.25, 0.3) is 6.08 Å². The van der Waals surface area contributed by atoms with Gasteiger partial charge >= 0.3 is 12.0 Å². The minimum Gasteiger partial charge on any atom is -0.478 e. The van der Waals surface area contributed by atoms with Crippen LogP contribution in [-0.2, 0) is 4.79 Å². The van der Waals surface area contributed by atoms with Gasteiger partial charge in [-0.3, -0.25) is 5.32 Å². The van der Waals surface area contributed by atoms with Crippen LogP contribution in [0.2, 0.25) is 0 Å². The molecule has 1 heterocycles. The molecule has 21 heavy (non-hydrogen) atoms. The van der Waals surface area contributed by atoms with E-state index in [-0.39, 0.29) is 5.95 Å². The highest BCUT2D eigenvalue weighted by Gasteiger charge is 2.03. The molecule has 2 rings (SSSR count). The second-order valence-electron chi connectivity index (χ2n) is 3.95. The minimum absolute atomic E-state index is 0.205. The highest BCUT2D eigenvalue weighted by molar-refractivity contribution is 5.98. The molecule has 0 fully saturated rings. The molecule has 3 N–H and O–H groups in total. The molecule has 0 radical (unpaired) electrons. The topological polar surface area (TPSA) is 104 Å². The first-order valence-corrected chi connectivity index (χ1v) is 5.99. The van der Waals surface area contributed by atoms with E-state index in [1.54, 1.807) is 30.3 Å². The van der Waals surface area contributed by atoms with Crippen molar-refractivity contribution < 1.29 is 14.7 Å². The Morgan fingerprint density at radius 2 is 1.71 bits per heavy atom. The van der Waals surface area contributed by atoms with Gasteiger partial charge in [0.2, 0.25) is 5.95 Å². The van der Waals surface area contributed by atoms with Crippen molar-refractivity contribution >= 4 is 29.7 Å². The zero-order valence-corrected chi connectivity index (χ0v) is 10.9. The molecule has 0 spiro atoms. The van der Waals surface area contributed by atoms with Gasteiger partial charge in [-0.25, -0.2) is 19.6 Å². The zero-order valence-electron chi connectivity index (χ0n) is 10.9. The predicted molar refractivity (Wildman–Crippen MR) is 77.8 cm³/mol. The van der Waals surface area contributed by atoms with Gasteiger partial charge in [-0.2, -0.15) is 0 Å². The fourth-order valence-electron chi connectivity index (χ4n) is 1.47. The van der Waals surface area contributed by atoms with Gasteiger partial charge in [0, 0.05) is 24.2 Å². The van der Waals surface area contributed by atoms with Gasteiger partial charge < -0.3 is 10.4 Å². The van der Waals surface area contributed by atoms with E-state index in [1.165, 1.54) is 18.5 Å². The van der Waals surface area contributed by atoms with Crippen LogP contribution >= 0.6 is 0 Å². The number of urea groups is 1. The fraction of sp³-hybridized carbons (Fsp3) is 0. The second kappa shape index (κ2) is 6.80. The van der Waals surface area contributed by atoms with Crippen LogP contribution in [0, 0.1) is 0 Å². The van der Waals surface area contributed by atoms with Crippen molar-refractivity contribution in [3.05, 3.63) is 54.4 Å². The number of carboxylic acid groups (broad SMARTS) is 1. The summed E-state index contributed by atoms with van der Waals surface area (Å²) in [4.78, 5) is 29.8. The van der Waals surface area contributed by atoms with Crippen molar-refractivity contribution in [2.75, 3.05) is 10.6 Å². The van der Waals surface area contributed by atoms with Gasteiger partial charge in [-0.15, -0.1) is 0 Å². The number of anilines is 2. The predicted octanol–water partition coefficient (Wildman–Crippen LogP) is 2.22. The number of aromatic nitrogens is 2. The number of carbonyl (C=O) groups is 2. The number of aliphatic carboxylic acids is 1. The van der Waals surface area contributed by atoms with Gasteiger partial charge in [0.15, 0.2) is 0 Å². The summed E-state index contributed by atoms with van der Waals surface area (Å²) < 4.78 is 0. The number of benzene rings is 1. The maximum atomic E-state index is 11.7. The summed E-state index contributed by atoms with van der Waals surface area (Å²) in [6, 6.07) is 7.88. The van der Waals surface area contributed by atoms with Crippen LogP contribution in [0.15, 0.2) is 48.8 Å². The second-order valence-corrected chi connectivity index (χ2v) is 3.95. The van der Waals surface area contributed by atoms with Crippen molar-refractivity contribution in [1.82, 2.24) is 9.97 Å². The maximum Gasteiger partial charge on any atom is 0.328 e. The molecule has 0 aliphatic carbocycles. The molecule has 0 saturated carbocycles. The first kappa shape index (κ1) is 14.2. The Kier molecular flexibility index (Phi) is 4.60. The van der Waals surface area contributed by atoms with Crippen LogP contribution in [0.1, 0.15) is 5.56 Å². The number of amides is 2. The molecule has 2 aromatic rings. The van der Waals surface area contributed by atoms with Crippen molar-refractivity contribution in [2.24, 2.45) is 0 Å². The lowest BCUT2D eigenvalue weighted by Crippen LogP contribution is -2.20. The third-order valence-corrected chi connectivity index (χ3v) is 2.38. The molecular weight excluding hydrogens is 272 g/mol. The molecule has 0 bridgehead atoms. The lowest BCUT2D eigenvalue weighted by atomic mass is 10.2. The summed E-state index contributed by atoms with van der Waals surface area (Å²) >= 11 is 0. The number of nitrogens with one attached hydrogen (secondary N) is 2. The van der Waals surface area contributed by atoms with E-state index in [0.29, 0.717) is 5.69 Å². The Morgan fingerprint density at radius 1 is 1.05 bits per heavy atom. The maximum absolute atomic E-state index is 11.7. The third kappa shape index (κ3) is 4.75. The number of carbonyl (C=O) groups excluding carboxylic acids is 1. The summed E-state index contributed by atoms with van der Waals surface area (Å²) in [5, 5.41) is 13.6. The molecular formula is C14H12N4O3. The molecule has 1 aromatic carbocycles.